The quantitative estimate of drug-likeness (QED) is 0.882. The van der Waals surface area contributed by atoms with E-state index in [1.807, 2.05) is 0 Å². The fraction of sp³-hybridized carbons (Fsp3) is 0.625. The van der Waals surface area contributed by atoms with E-state index < -0.39 is 0 Å². The van der Waals surface area contributed by atoms with Crippen molar-refractivity contribution in [1.82, 2.24) is 0 Å². The lowest BCUT2D eigenvalue weighted by Gasteiger charge is -2.33. The molecule has 2 heteroatoms. The fourth-order valence-electron chi connectivity index (χ4n) is 3.16. The van der Waals surface area contributed by atoms with Gasteiger partial charge in [0.2, 0.25) is 0 Å². The highest BCUT2D eigenvalue weighted by atomic mass is 16.5. The van der Waals surface area contributed by atoms with Gasteiger partial charge in [0.15, 0.2) is 0 Å². The van der Waals surface area contributed by atoms with Crippen LogP contribution in [0.25, 0.3) is 0 Å². The minimum Gasteiger partial charge on any atom is -0.379 e. The standard InChI is InChI=1S/C16H25NO/c1-12-7-6-10-14(11-12)15(17)16(18-2)13-8-4-3-5-9-13/h6-7,10-11,13,15-16H,3-5,8-9,17H2,1-2H3. The van der Waals surface area contributed by atoms with Crippen LogP contribution < -0.4 is 5.73 Å². The van der Waals surface area contributed by atoms with Crippen LogP contribution >= 0.6 is 0 Å². The topological polar surface area (TPSA) is 35.2 Å². The maximum absolute atomic E-state index is 6.42. The van der Waals surface area contributed by atoms with Crippen molar-refractivity contribution in [3.63, 3.8) is 0 Å². The molecule has 0 amide bonds. The molecular formula is C16H25NO. The molecule has 1 aromatic carbocycles. The summed E-state index contributed by atoms with van der Waals surface area (Å²) < 4.78 is 5.72. The van der Waals surface area contributed by atoms with Crippen molar-refractivity contribution in [2.24, 2.45) is 11.7 Å². The normalized spacial score (nSPS) is 20.6. The number of hydrogen-bond donors (Lipinski definition) is 1. The zero-order valence-corrected chi connectivity index (χ0v) is 11.6. The minimum atomic E-state index is -0.00185. The lowest BCUT2D eigenvalue weighted by atomic mass is 9.81. The SMILES string of the molecule is COC(C1CCCCC1)C(N)c1cccc(C)c1. The first-order valence-electron chi connectivity index (χ1n) is 7.07. The van der Waals surface area contributed by atoms with Gasteiger partial charge in [0, 0.05) is 7.11 Å². The smallest absolute Gasteiger partial charge is 0.0791 e. The van der Waals surface area contributed by atoms with E-state index in [2.05, 4.69) is 31.2 Å². The first kappa shape index (κ1) is 13.6. The molecule has 2 atom stereocenters. The Balaban J connectivity index is 2.11. The first-order valence-corrected chi connectivity index (χ1v) is 7.07. The highest BCUT2D eigenvalue weighted by molar-refractivity contribution is 5.25. The highest BCUT2D eigenvalue weighted by Gasteiger charge is 2.29. The molecule has 0 aliphatic heterocycles. The number of ether oxygens (including phenoxy) is 1. The van der Waals surface area contributed by atoms with Crippen LogP contribution in [-0.4, -0.2) is 13.2 Å². The monoisotopic (exact) mass is 247 g/mol. The van der Waals surface area contributed by atoms with Crippen molar-refractivity contribution >= 4 is 0 Å². The van der Waals surface area contributed by atoms with E-state index in [0.29, 0.717) is 5.92 Å². The number of nitrogens with two attached hydrogens (primary N) is 1. The number of methoxy groups -OCH3 is 1. The number of hydrogen-bond acceptors (Lipinski definition) is 2. The van der Waals surface area contributed by atoms with Gasteiger partial charge in [-0.05, 0) is 31.2 Å². The van der Waals surface area contributed by atoms with Crippen LogP contribution in [0.5, 0.6) is 0 Å². The van der Waals surface area contributed by atoms with Crippen molar-refractivity contribution < 1.29 is 4.74 Å². The van der Waals surface area contributed by atoms with Crippen molar-refractivity contribution in [2.45, 2.75) is 51.2 Å². The highest BCUT2D eigenvalue weighted by Crippen LogP contribution is 2.33. The number of aryl methyl sites for hydroxylation is 1. The lowest BCUT2D eigenvalue weighted by Crippen LogP contribution is -2.35. The molecule has 0 heterocycles. The summed E-state index contributed by atoms with van der Waals surface area (Å²) in [6.45, 7) is 2.11. The molecule has 2 unspecified atom stereocenters. The summed E-state index contributed by atoms with van der Waals surface area (Å²) in [5.74, 6) is 0.624. The molecule has 1 aromatic rings. The molecular weight excluding hydrogens is 222 g/mol. The Hall–Kier alpha value is -0.860. The average Bonchev–Trinajstić information content (AvgIpc) is 2.41. The molecule has 100 valence electrons. The zero-order chi connectivity index (χ0) is 13.0. The third-order valence-corrected chi connectivity index (χ3v) is 4.17. The summed E-state index contributed by atoms with van der Waals surface area (Å²) in [6, 6.07) is 8.49. The van der Waals surface area contributed by atoms with Crippen LogP contribution in [0, 0.1) is 12.8 Å². The Labute approximate surface area is 111 Å². The predicted octanol–water partition coefficient (Wildman–Crippen LogP) is 3.59. The fourth-order valence-corrected chi connectivity index (χ4v) is 3.16. The van der Waals surface area contributed by atoms with Gasteiger partial charge in [-0.15, -0.1) is 0 Å². The third-order valence-electron chi connectivity index (χ3n) is 4.17. The second kappa shape index (κ2) is 6.35. The van der Waals surface area contributed by atoms with E-state index in [-0.39, 0.29) is 12.1 Å². The van der Waals surface area contributed by atoms with Crippen molar-refractivity contribution in [3.8, 4) is 0 Å². The van der Waals surface area contributed by atoms with E-state index in [1.165, 1.54) is 43.2 Å². The molecule has 1 fully saturated rings. The third kappa shape index (κ3) is 3.12. The molecule has 1 aliphatic carbocycles. The van der Waals surface area contributed by atoms with E-state index in [9.17, 15) is 0 Å². The molecule has 18 heavy (non-hydrogen) atoms. The molecule has 0 radical (unpaired) electrons. The average molecular weight is 247 g/mol. The second-order valence-electron chi connectivity index (χ2n) is 5.54. The summed E-state index contributed by atoms with van der Waals surface area (Å²) in [5, 5.41) is 0. The van der Waals surface area contributed by atoms with Gasteiger partial charge in [-0.2, -0.15) is 0 Å². The Morgan fingerprint density at radius 2 is 1.94 bits per heavy atom. The molecule has 1 saturated carbocycles. The Kier molecular flexibility index (Phi) is 4.79. The molecule has 2 rings (SSSR count). The van der Waals surface area contributed by atoms with Crippen molar-refractivity contribution in [2.75, 3.05) is 7.11 Å². The molecule has 2 N–H and O–H groups in total. The summed E-state index contributed by atoms with van der Waals surface area (Å²) in [5.41, 5.74) is 8.89. The molecule has 0 bridgehead atoms. The zero-order valence-electron chi connectivity index (χ0n) is 11.6. The van der Waals surface area contributed by atoms with Crippen LogP contribution in [0.2, 0.25) is 0 Å². The van der Waals surface area contributed by atoms with E-state index >= 15 is 0 Å². The molecule has 2 nitrogen and oxygen atoms in total. The van der Waals surface area contributed by atoms with Gasteiger partial charge in [-0.3, -0.25) is 0 Å². The van der Waals surface area contributed by atoms with E-state index in [0.717, 1.165) is 0 Å². The molecule has 0 saturated heterocycles. The van der Waals surface area contributed by atoms with Gasteiger partial charge in [-0.25, -0.2) is 0 Å². The maximum Gasteiger partial charge on any atom is 0.0791 e. The van der Waals surface area contributed by atoms with Crippen LogP contribution in [0.4, 0.5) is 0 Å². The minimum absolute atomic E-state index is 0.00185. The maximum atomic E-state index is 6.42. The van der Waals surface area contributed by atoms with Gasteiger partial charge >= 0.3 is 0 Å². The van der Waals surface area contributed by atoms with Crippen LogP contribution in [-0.2, 0) is 4.74 Å². The van der Waals surface area contributed by atoms with Gasteiger partial charge in [-0.1, -0.05) is 49.1 Å². The van der Waals surface area contributed by atoms with E-state index in [1.54, 1.807) is 7.11 Å². The predicted molar refractivity (Wildman–Crippen MR) is 75.5 cm³/mol. The van der Waals surface area contributed by atoms with E-state index in [4.69, 9.17) is 10.5 Å². The Morgan fingerprint density at radius 3 is 2.56 bits per heavy atom. The van der Waals surface area contributed by atoms with Gasteiger partial charge < -0.3 is 10.5 Å². The lowest BCUT2D eigenvalue weighted by molar-refractivity contribution is 0.0173. The van der Waals surface area contributed by atoms with Crippen molar-refractivity contribution in [1.29, 1.82) is 0 Å². The van der Waals surface area contributed by atoms with Gasteiger partial charge in [0.05, 0.1) is 12.1 Å². The van der Waals surface area contributed by atoms with Crippen LogP contribution in [0.3, 0.4) is 0 Å². The van der Waals surface area contributed by atoms with Crippen LogP contribution in [0.15, 0.2) is 24.3 Å². The van der Waals surface area contributed by atoms with Crippen LogP contribution in [0.1, 0.15) is 49.3 Å². The molecule has 0 aromatic heterocycles. The molecule has 0 spiro atoms. The van der Waals surface area contributed by atoms with Gasteiger partial charge in [0.1, 0.15) is 0 Å². The summed E-state index contributed by atoms with van der Waals surface area (Å²) in [6.07, 6.45) is 6.70. The van der Waals surface area contributed by atoms with Crippen molar-refractivity contribution in [3.05, 3.63) is 35.4 Å². The Bertz CT molecular complexity index is 371. The number of benzene rings is 1. The summed E-state index contributed by atoms with van der Waals surface area (Å²) in [7, 11) is 1.80. The van der Waals surface area contributed by atoms with Gasteiger partial charge in [0.25, 0.3) is 0 Å². The number of rotatable bonds is 4. The second-order valence-corrected chi connectivity index (χ2v) is 5.54. The largest absolute Gasteiger partial charge is 0.379 e. The summed E-state index contributed by atoms with van der Waals surface area (Å²) in [4.78, 5) is 0. The Morgan fingerprint density at radius 1 is 1.22 bits per heavy atom. The summed E-state index contributed by atoms with van der Waals surface area (Å²) >= 11 is 0. The first-order chi connectivity index (χ1) is 8.72. The molecule has 1 aliphatic rings.